The highest BCUT2D eigenvalue weighted by molar-refractivity contribution is 5.35. The van der Waals surface area contributed by atoms with E-state index in [0.717, 1.165) is 18.8 Å². The van der Waals surface area contributed by atoms with Crippen molar-refractivity contribution >= 4 is 0 Å². The maximum atomic E-state index is 8.75. The Bertz CT molecular complexity index is 364. The minimum atomic E-state index is 0.643. The minimum absolute atomic E-state index is 0.643. The normalized spacial score (nSPS) is 17.0. The molecule has 3 nitrogen and oxygen atoms in total. The van der Waals surface area contributed by atoms with Crippen LogP contribution in [0.2, 0.25) is 0 Å². The molecule has 0 amide bonds. The number of benzene rings is 1. The highest BCUT2D eigenvalue weighted by atomic mass is 16.7. The van der Waals surface area contributed by atoms with Crippen molar-refractivity contribution in [3.05, 3.63) is 29.8 Å². The molecule has 0 aliphatic carbocycles. The van der Waals surface area contributed by atoms with Gasteiger partial charge in [0.15, 0.2) is 0 Å². The molecule has 0 aromatic heterocycles. The summed E-state index contributed by atoms with van der Waals surface area (Å²) < 4.78 is 0. The quantitative estimate of drug-likeness (QED) is 0.738. The van der Waals surface area contributed by atoms with Gasteiger partial charge in [-0.05, 0) is 25.0 Å². The second-order valence-electron chi connectivity index (χ2n) is 3.72. The lowest BCUT2D eigenvalue weighted by Crippen LogP contribution is -2.32. The van der Waals surface area contributed by atoms with Gasteiger partial charge in [0, 0.05) is 19.2 Å². The van der Waals surface area contributed by atoms with Gasteiger partial charge in [0.2, 0.25) is 0 Å². The molecule has 1 aromatic carbocycles. The number of hydroxylamine groups is 2. The summed E-state index contributed by atoms with van der Waals surface area (Å²) in [5.74, 6) is 0.760. The standard InChI is InChI=1S/C12H14N2O/c13-10-11-5-4-6-12(9-11)15-14-7-2-1-3-8-14/h4-6,9H,1-3,7-8H2. The minimum Gasteiger partial charge on any atom is -0.406 e. The van der Waals surface area contributed by atoms with Crippen molar-refractivity contribution in [3.63, 3.8) is 0 Å². The first-order valence-electron chi connectivity index (χ1n) is 5.31. The zero-order chi connectivity index (χ0) is 10.5. The summed E-state index contributed by atoms with van der Waals surface area (Å²) in [6.07, 6.45) is 3.67. The van der Waals surface area contributed by atoms with Crippen molar-refractivity contribution < 1.29 is 4.84 Å². The largest absolute Gasteiger partial charge is 0.406 e. The number of rotatable bonds is 2. The Morgan fingerprint density at radius 2 is 2.00 bits per heavy atom. The molecule has 1 heterocycles. The van der Waals surface area contributed by atoms with Crippen LogP contribution in [-0.2, 0) is 0 Å². The van der Waals surface area contributed by atoms with Crippen molar-refractivity contribution in [2.45, 2.75) is 19.3 Å². The Kier molecular flexibility index (Phi) is 3.21. The molecule has 15 heavy (non-hydrogen) atoms. The molecule has 1 fully saturated rings. The van der Waals surface area contributed by atoms with E-state index in [1.807, 2.05) is 17.2 Å². The van der Waals surface area contributed by atoms with Crippen LogP contribution in [0.15, 0.2) is 24.3 Å². The number of nitriles is 1. The summed E-state index contributed by atoms with van der Waals surface area (Å²) in [6.45, 7) is 1.97. The first-order valence-corrected chi connectivity index (χ1v) is 5.31. The van der Waals surface area contributed by atoms with E-state index in [2.05, 4.69) is 6.07 Å². The van der Waals surface area contributed by atoms with Gasteiger partial charge < -0.3 is 4.84 Å². The van der Waals surface area contributed by atoms with Crippen LogP contribution in [0.3, 0.4) is 0 Å². The molecule has 0 unspecified atom stereocenters. The van der Waals surface area contributed by atoms with Crippen LogP contribution in [0, 0.1) is 11.3 Å². The van der Waals surface area contributed by atoms with E-state index in [1.54, 1.807) is 12.1 Å². The lowest BCUT2D eigenvalue weighted by atomic mass is 10.2. The van der Waals surface area contributed by atoms with Gasteiger partial charge in [-0.3, -0.25) is 0 Å². The van der Waals surface area contributed by atoms with Crippen molar-refractivity contribution in [1.29, 1.82) is 5.26 Å². The zero-order valence-electron chi connectivity index (χ0n) is 8.65. The van der Waals surface area contributed by atoms with Crippen LogP contribution >= 0.6 is 0 Å². The molecular formula is C12H14N2O. The third kappa shape index (κ3) is 2.71. The first-order chi connectivity index (χ1) is 7.38. The summed E-state index contributed by atoms with van der Waals surface area (Å²) in [5, 5.41) is 10.7. The van der Waals surface area contributed by atoms with E-state index in [0.29, 0.717) is 5.56 Å². The molecule has 0 bridgehead atoms. The Morgan fingerprint density at radius 3 is 2.73 bits per heavy atom. The van der Waals surface area contributed by atoms with Crippen molar-refractivity contribution in [2.24, 2.45) is 0 Å². The maximum absolute atomic E-state index is 8.75. The molecule has 78 valence electrons. The first kappa shape index (κ1) is 10.0. The average molecular weight is 202 g/mol. The Morgan fingerprint density at radius 1 is 1.20 bits per heavy atom. The summed E-state index contributed by atoms with van der Waals surface area (Å²) in [4.78, 5) is 5.68. The molecular weight excluding hydrogens is 188 g/mol. The van der Waals surface area contributed by atoms with Gasteiger partial charge in [-0.25, -0.2) is 0 Å². The van der Waals surface area contributed by atoms with E-state index < -0.39 is 0 Å². The smallest absolute Gasteiger partial charge is 0.148 e. The number of nitrogens with zero attached hydrogens (tertiary/aromatic N) is 2. The van der Waals surface area contributed by atoms with Gasteiger partial charge in [-0.1, -0.05) is 12.5 Å². The molecule has 1 aliphatic heterocycles. The monoisotopic (exact) mass is 202 g/mol. The molecule has 3 heteroatoms. The maximum Gasteiger partial charge on any atom is 0.148 e. The Balaban J connectivity index is 2.00. The number of piperidine rings is 1. The fourth-order valence-electron chi connectivity index (χ4n) is 1.73. The van der Waals surface area contributed by atoms with E-state index in [9.17, 15) is 0 Å². The number of hydrogen-bond donors (Lipinski definition) is 0. The zero-order valence-corrected chi connectivity index (χ0v) is 8.65. The molecule has 0 atom stereocenters. The SMILES string of the molecule is N#Cc1cccc(ON2CCCCC2)c1. The van der Waals surface area contributed by atoms with Crippen LogP contribution in [0.4, 0.5) is 0 Å². The van der Waals surface area contributed by atoms with Gasteiger partial charge in [0.05, 0.1) is 11.6 Å². The highest BCUT2D eigenvalue weighted by Crippen LogP contribution is 2.16. The van der Waals surface area contributed by atoms with Crippen LogP contribution in [0.1, 0.15) is 24.8 Å². The fourth-order valence-corrected chi connectivity index (χ4v) is 1.73. The molecule has 0 N–H and O–H groups in total. The molecule has 2 rings (SSSR count). The summed E-state index contributed by atoms with van der Waals surface area (Å²) >= 11 is 0. The Labute approximate surface area is 89.8 Å². The van der Waals surface area contributed by atoms with E-state index in [-0.39, 0.29) is 0 Å². The lowest BCUT2D eigenvalue weighted by molar-refractivity contribution is -0.0720. The third-order valence-corrected chi connectivity index (χ3v) is 2.51. The molecule has 0 radical (unpaired) electrons. The van der Waals surface area contributed by atoms with E-state index >= 15 is 0 Å². The van der Waals surface area contributed by atoms with Gasteiger partial charge >= 0.3 is 0 Å². The van der Waals surface area contributed by atoms with Crippen LogP contribution in [0.25, 0.3) is 0 Å². The topological polar surface area (TPSA) is 36.3 Å². The van der Waals surface area contributed by atoms with Crippen molar-refractivity contribution in [2.75, 3.05) is 13.1 Å². The predicted molar refractivity (Wildman–Crippen MR) is 57.2 cm³/mol. The lowest BCUT2D eigenvalue weighted by Gasteiger charge is -2.25. The Hall–Kier alpha value is -1.53. The van der Waals surface area contributed by atoms with Gasteiger partial charge in [0.1, 0.15) is 5.75 Å². The van der Waals surface area contributed by atoms with Crippen molar-refractivity contribution in [1.82, 2.24) is 5.06 Å². The molecule has 0 saturated carbocycles. The molecule has 1 aliphatic rings. The molecule has 1 saturated heterocycles. The van der Waals surface area contributed by atoms with E-state index in [4.69, 9.17) is 10.1 Å². The van der Waals surface area contributed by atoms with Gasteiger partial charge in [-0.2, -0.15) is 5.26 Å². The summed E-state index contributed by atoms with van der Waals surface area (Å²) in [7, 11) is 0. The van der Waals surface area contributed by atoms with Crippen LogP contribution in [0.5, 0.6) is 5.75 Å². The molecule has 1 aromatic rings. The average Bonchev–Trinajstić information content (AvgIpc) is 2.31. The third-order valence-electron chi connectivity index (χ3n) is 2.51. The summed E-state index contributed by atoms with van der Waals surface area (Å²) in [6, 6.07) is 9.39. The highest BCUT2D eigenvalue weighted by Gasteiger charge is 2.11. The second-order valence-corrected chi connectivity index (χ2v) is 3.72. The van der Waals surface area contributed by atoms with Gasteiger partial charge in [-0.15, -0.1) is 5.06 Å². The predicted octanol–water partition coefficient (Wildman–Crippen LogP) is 2.34. The second kappa shape index (κ2) is 4.81. The van der Waals surface area contributed by atoms with E-state index in [1.165, 1.54) is 19.3 Å². The fraction of sp³-hybridized carbons (Fsp3) is 0.417. The van der Waals surface area contributed by atoms with Crippen LogP contribution < -0.4 is 4.84 Å². The van der Waals surface area contributed by atoms with Crippen LogP contribution in [-0.4, -0.2) is 18.2 Å². The molecule has 0 spiro atoms. The number of hydrogen-bond acceptors (Lipinski definition) is 3. The van der Waals surface area contributed by atoms with Crippen molar-refractivity contribution in [3.8, 4) is 11.8 Å². The van der Waals surface area contributed by atoms with Gasteiger partial charge in [0.25, 0.3) is 0 Å². The summed E-state index contributed by atoms with van der Waals surface area (Å²) in [5.41, 5.74) is 0.643.